The summed E-state index contributed by atoms with van der Waals surface area (Å²) >= 11 is 1.40. The molecule has 0 saturated carbocycles. The number of nitrogens with two attached hydrogens (primary N) is 1. The van der Waals surface area contributed by atoms with E-state index >= 15 is 0 Å². The molecule has 6 aromatic rings. The van der Waals surface area contributed by atoms with E-state index in [1.54, 1.807) is 4.68 Å². The normalized spacial score (nSPS) is 11.4. The second kappa shape index (κ2) is 9.34. The van der Waals surface area contributed by atoms with Crippen molar-refractivity contribution in [2.24, 2.45) is 0 Å². The fourth-order valence-electron chi connectivity index (χ4n) is 4.60. The number of benzene rings is 2. The minimum Gasteiger partial charge on any atom is -0.478 e. The molecule has 0 bridgehead atoms. The van der Waals surface area contributed by atoms with E-state index < -0.39 is 0 Å². The first-order valence-corrected chi connectivity index (χ1v) is 12.9. The molecule has 0 aliphatic rings. The van der Waals surface area contributed by atoms with Crippen LogP contribution in [0.2, 0.25) is 0 Å². The average molecular weight is 525 g/mol. The number of hydrogen-bond acceptors (Lipinski definition) is 9. The fraction of sp³-hybridized carbons (Fsp3) is 0.185. The number of pyridine rings is 1. The van der Waals surface area contributed by atoms with Crippen LogP contribution >= 0.6 is 11.3 Å². The van der Waals surface area contributed by atoms with Gasteiger partial charge in [-0.2, -0.15) is 5.10 Å². The number of carbonyl (C=O) groups is 1. The third-order valence-electron chi connectivity index (χ3n) is 6.18. The first-order chi connectivity index (χ1) is 18.4. The first kappa shape index (κ1) is 23.7. The molecule has 6 rings (SSSR count). The number of rotatable bonds is 6. The average Bonchev–Trinajstić information content (AvgIpc) is 3.45. The van der Waals surface area contributed by atoms with Gasteiger partial charge in [-0.3, -0.25) is 4.79 Å². The van der Waals surface area contributed by atoms with Gasteiger partial charge in [-0.25, -0.2) is 24.6 Å². The zero-order valence-corrected chi connectivity index (χ0v) is 21.8. The number of ether oxygens (including phenoxy) is 1. The number of nitrogens with one attached hydrogen (secondary N) is 1. The fourth-order valence-corrected chi connectivity index (χ4v) is 5.55. The maximum atomic E-state index is 11.5. The van der Waals surface area contributed by atoms with Crippen LogP contribution in [0.1, 0.15) is 25.1 Å². The Morgan fingerprint density at radius 1 is 1.13 bits per heavy atom. The lowest BCUT2D eigenvalue weighted by Crippen LogP contribution is -2.07. The molecule has 0 spiro atoms. The molecule has 0 unspecified atom stereocenters. The summed E-state index contributed by atoms with van der Waals surface area (Å²) in [6.45, 7) is 6.35. The van der Waals surface area contributed by atoms with Gasteiger partial charge in [0.15, 0.2) is 10.8 Å². The van der Waals surface area contributed by atoms with Gasteiger partial charge in [-0.15, -0.1) is 0 Å². The van der Waals surface area contributed by atoms with Crippen molar-refractivity contribution in [2.45, 2.75) is 27.3 Å². The van der Waals surface area contributed by atoms with Crippen LogP contribution in [-0.2, 0) is 11.3 Å². The van der Waals surface area contributed by atoms with Crippen LogP contribution in [0.25, 0.3) is 43.3 Å². The minimum atomic E-state index is -0.163. The number of nitrogens with zero attached hydrogens (tertiary/aromatic N) is 6. The number of anilines is 2. The van der Waals surface area contributed by atoms with Crippen molar-refractivity contribution in [1.29, 1.82) is 0 Å². The molecular formula is C27H24N8O2S. The number of fused-ring (bicyclic) bond motifs is 3. The van der Waals surface area contributed by atoms with Crippen molar-refractivity contribution in [2.75, 3.05) is 17.7 Å². The molecule has 10 nitrogen and oxygen atoms in total. The van der Waals surface area contributed by atoms with Crippen molar-refractivity contribution in [3.63, 3.8) is 0 Å². The highest BCUT2D eigenvalue weighted by atomic mass is 32.1. The molecule has 38 heavy (non-hydrogen) atoms. The van der Waals surface area contributed by atoms with Crippen LogP contribution in [0.4, 0.5) is 10.9 Å². The largest absolute Gasteiger partial charge is 0.478 e. The summed E-state index contributed by atoms with van der Waals surface area (Å²) in [6.07, 6.45) is 1.44. The summed E-state index contributed by atoms with van der Waals surface area (Å²) in [7, 11) is 0. The molecule has 1 amide bonds. The molecular weight excluding hydrogens is 500 g/mol. The monoisotopic (exact) mass is 524 g/mol. The van der Waals surface area contributed by atoms with Crippen molar-refractivity contribution in [3.8, 4) is 17.1 Å². The van der Waals surface area contributed by atoms with E-state index in [2.05, 4.69) is 45.4 Å². The molecule has 0 aliphatic heterocycles. The molecule has 11 heteroatoms. The Balaban J connectivity index is 1.46. The minimum absolute atomic E-state index is 0.163. The van der Waals surface area contributed by atoms with Gasteiger partial charge in [0.05, 0.1) is 34.4 Å². The van der Waals surface area contributed by atoms with Crippen LogP contribution in [-0.4, -0.2) is 42.2 Å². The van der Waals surface area contributed by atoms with E-state index in [0.717, 1.165) is 37.8 Å². The quantitative estimate of drug-likeness (QED) is 0.313. The van der Waals surface area contributed by atoms with E-state index in [1.165, 1.54) is 24.6 Å². The highest BCUT2D eigenvalue weighted by Crippen LogP contribution is 2.35. The van der Waals surface area contributed by atoms with Gasteiger partial charge < -0.3 is 15.8 Å². The Bertz CT molecular complexity index is 1860. The lowest BCUT2D eigenvalue weighted by atomic mass is 10.1. The summed E-state index contributed by atoms with van der Waals surface area (Å²) in [5.41, 5.74) is 11.1. The summed E-state index contributed by atoms with van der Waals surface area (Å²) in [4.78, 5) is 29.5. The summed E-state index contributed by atoms with van der Waals surface area (Å²) in [5.74, 6) is 0.787. The Hall–Kier alpha value is -4.64. The van der Waals surface area contributed by atoms with Crippen LogP contribution in [0, 0.1) is 6.92 Å². The lowest BCUT2D eigenvalue weighted by Gasteiger charge is -2.12. The van der Waals surface area contributed by atoms with E-state index in [1.807, 2.05) is 31.2 Å². The molecule has 3 N–H and O–H groups in total. The van der Waals surface area contributed by atoms with Crippen LogP contribution in [0.5, 0.6) is 5.88 Å². The second-order valence-electron chi connectivity index (χ2n) is 8.87. The predicted octanol–water partition coefficient (Wildman–Crippen LogP) is 4.95. The molecule has 0 atom stereocenters. The van der Waals surface area contributed by atoms with Gasteiger partial charge in [0.1, 0.15) is 17.8 Å². The van der Waals surface area contributed by atoms with Gasteiger partial charge in [0.2, 0.25) is 11.8 Å². The summed E-state index contributed by atoms with van der Waals surface area (Å²) in [6, 6.07) is 14.0. The third kappa shape index (κ3) is 4.16. The number of thiazole rings is 1. The SMILES string of the molecule is CCOc1nc(Cn2nc(-c3ccc4nc(NC(C)=O)sc4c3)c3c(N)ncnc32)cc2cccc(C)c12. The van der Waals surface area contributed by atoms with Crippen LogP contribution < -0.4 is 15.8 Å². The number of carbonyl (C=O) groups excluding carboxylic acids is 1. The molecule has 0 saturated heterocycles. The van der Waals surface area contributed by atoms with E-state index in [0.29, 0.717) is 46.7 Å². The topological polar surface area (TPSA) is 134 Å². The highest BCUT2D eigenvalue weighted by molar-refractivity contribution is 7.22. The van der Waals surface area contributed by atoms with Gasteiger partial charge in [0, 0.05) is 17.9 Å². The van der Waals surface area contributed by atoms with Crippen molar-refractivity contribution in [3.05, 3.63) is 60.0 Å². The first-order valence-electron chi connectivity index (χ1n) is 12.1. The maximum absolute atomic E-state index is 11.5. The van der Waals surface area contributed by atoms with Gasteiger partial charge in [-0.1, -0.05) is 35.6 Å². The number of amides is 1. The number of nitrogen functional groups attached to an aromatic ring is 1. The highest BCUT2D eigenvalue weighted by Gasteiger charge is 2.19. The van der Waals surface area contributed by atoms with Gasteiger partial charge in [0.25, 0.3) is 0 Å². The zero-order valence-electron chi connectivity index (χ0n) is 21.0. The van der Waals surface area contributed by atoms with E-state index in [4.69, 9.17) is 20.6 Å². The van der Waals surface area contributed by atoms with Crippen LogP contribution in [0.3, 0.4) is 0 Å². The van der Waals surface area contributed by atoms with Crippen molar-refractivity contribution >= 4 is 60.2 Å². The van der Waals surface area contributed by atoms with E-state index in [-0.39, 0.29) is 5.91 Å². The van der Waals surface area contributed by atoms with Crippen molar-refractivity contribution < 1.29 is 9.53 Å². The zero-order chi connectivity index (χ0) is 26.4. The third-order valence-corrected chi connectivity index (χ3v) is 7.12. The second-order valence-corrected chi connectivity index (χ2v) is 9.90. The number of aryl methyl sites for hydroxylation is 1. The number of hydrogen-bond donors (Lipinski definition) is 2. The molecule has 4 aromatic heterocycles. The molecule has 2 aromatic carbocycles. The molecule has 0 fully saturated rings. The van der Waals surface area contributed by atoms with E-state index in [9.17, 15) is 4.79 Å². The molecule has 0 aliphatic carbocycles. The Labute approximate surface area is 221 Å². The Kier molecular flexibility index (Phi) is 5.84. The Morgan fingerprint density at radius 2 is 2.00 bits per heavy atom. The Morgan fingerprint density at radius 3 is 2.82 bits per heavy atom. The summed E-state index contributed by atoms with van der Waals surface area (Å²) < 4.78 is 8.62. The lowest BCUT2D eigenvalue weighted by molar-refractivity contribution is -0.114. The van der Waals surface area contributed by atoms with Gasteiger partial charge in [-0.05, 0) is 43.0 Å². The summed E-state index contributed by atoms with van der Waals surface area (Å²) in [5, 5.41) is 10.9. The molecule has 190 valence electrons. The van der Waals surface area contributed by atoms with Crippen LogP contribution in [0.15, 0.2) is 48.8 Å². The maximum Gasteiger partial charge on any atom is 0.223 e. The number of aromatic nitrogens is 6. The van der Waals surface area contributed by atoms with Gasteiger partial charge >= 0.3 is 0 Å². The standard InChI is InChI=1S/C27H24N8O2S/c1-4-37-26-21-14(2)6-5-7-16(21)10-18(32-26)12-35-25-22(24(28)29-13-30-25)23(34-35)17-8-9-19-20(11-17)38-27(33-19)31-15(3)36/h5-11,13H,4,12H2,1-3H3,(H2,28,29,30)(H,31,33,36). The predicted molar refractivity (Wildman–Crippen MR) is 149 cm³/mol. The molecule has 4 heterocycles. The smallest absolute Gasteiger partial charge is 0.223 e. The van der Waals surface area contributed by atoms with Crippen molar-refractivity contribution in [1.82, 2.24) is 29.7 Å². The molecule has 0 radical (unpaired) electrons.